The summed E-state index contributed by atoms with van der Waals surface area (Å²) in [5.74, 6) is -2.12. The summed E-state index contributed by atoms with van der Waals surface area (Å²) in [5, 5.41) is 7.31. The van der Waals surface area contributed by atoms with Crippen molar-refractivity contribution in [1.82, 2.24) is 19.9 Å². The molecule has 0 saturated heterocycles. The Morgan fingerprint density at radius 2 is 1.96 bits per heavy atom. The van der Waals surface area contributed by atoms with E-state index in [1.807, 2.05) is 0 Å². The molecule has 3 aromatic rings. The van der Waals surface area contributed by atoms with Crippen LogP contribution >= 0.6 is 0 Å². The predicted octanol–water partition coefficient (Wildman–Crippen LogP) is 2.10. The van der Waals surface area contributed by atoms with Crippen LogP contribution in [-0.4, -0.2) is 25.8 Å². The van der Waals surface area contributed by atoms with E-state index in [1.165, 1.54) is 17.1 Å². The largest absolute Gasteiger partial charge is 0.471 e. The molecule has 124 valence electrons. The third-order valence-electron chi connectivity index (χ3n) is 3.14. The Kier molecular flexibility index (Phi) is 3.80. The van der Waals surface area contributed by atoms with Crippen LogP contribution in [0.5, 0.6) is 0 Å². The van der Waals surface area contributed by atoms with Crippen LogP contribution in [0.3, 0.4) is 0 Å². The molecule has 1 aromatic carbocycles. The van der Waals surface area contributed by atoms with Gasteiger partial charge in [0.05, 0.1) is 18.3 Å². The van der Waals surface area contributed by atoms with Crippen LogP contribution in [0.1, 0.15) is 21.8 Å². The summed E-state index contributed by atoms with van der Waals surface area (Å²) in [6.45, 7) is 0.369. The van der Waals surface area contributed by atoms with E-state index in [1.54, 1.807) is 24.3 Å². The highest BCUT2D eigenvalue weighted by atomic mass is 19.4. The second-order valence-electron chi connectivity index (χ2n) is 4.91. The fraction of sp³-hybridized carbons (Fsp3) is 0.143. The Hall–Kier alpha value is -3.17. The first-order valence-electron chi connectivity index (χ1n) is 6.65. The van der Waals surface area contributed by atoms with Crippen molar-refractivity contribution >= 4 is 5.91 Å². The van der Waals surface area contributed by atoms with Crippen molar-refractivity contribution in [2.75, 3.05) is 0 Å². The molecule has 0 unspecified atom stereocenters. The van der Waals surface area contributed by atoms with E-state index >= 15 is 0 Å². The molecule has 1 amide bonds. The minimum absolute atomic E-state index is 0.149. The SMILES string of the molecule is NC(=O)c1cnn(Cc2ccc(-c3noc(C(F)(F)F)n3)cc2)c1. The fourth-order valence-corrected chi connectivity index (χ4v) is 1.98. The molecule has 10 heteroatoms. The molecule has 0 bridgehead atoms. The van der Waals surface area contributed by atoms with E-state index in [4.69, 9.17) is 5.73 Å². The molecule has 24 heavy (non-hydrogen) atoms. The summed E-state index contributed by atoms with van der Waals surface area (Å²) in [7, 11) is 0. The maximum atomic E-state index is 12.4. The van der Waals surface area contributed by atoms with E-state index in [-0.39, 0.29) is 11.4 Å². The van der Waals surface area contributed by atoms with Gasteiger partial charge in [0.15, 0.2) is 0 Å². The lowest BCUT2D eigenvalue weighted by Gasteiger charge is -2.02. The second-order valence-corrected chi connectivity index (χ2v) is 4.91. The number of amides is 1. The number of halogens is 3. The summed E-state index contributed by atoms with van der Waals surface area (Å²) >= 11 is 0. The topological polar surface area (TPSA) is 99.8 Å². The van der Waals surface area contributed by atoms with Gasteiger partial charge in [0.2, 0.25) is 5.82 Å². The number of carbonyl (C=O) groups excluding carboxylic acids is 1. The molecular formula is C14H10F3N5O2. The number of benzene rings is 1. The molecule has 3 rings (SSSR count). The van der Waals surface area contributed by atoms with Gasteiger partial charge in [-0.3, -0.25) is 9.48 Å². The first-order valence-corrected chi connectivity index (χ1v) is 6.65. The number of alkyl halides is 3. The molecule has 0 aliphatic rings. The zero-order valence-corrected chi connectivity index (χ0v) is 12.0. The third kappa shape index (κ3) is 3.26. The lowest BCUT2D eigenvalue weighted by molar-refractivity contribution is -0.159. The standard InChI is InChI=1S/C14H10F3N5O2/c15-14(16,17)13-20-12(21-24-13)9-3-1-8(2-4-9)6-22-7-10(5-19-22)11(18)23/h1-5,7H,6H2,(H2,18,23). The number of rotatable bonds is 4. The Morgan fingerprint density at radius 3 is 2.50 bits per heavy atom. The van der Waals surface area contributed by atoms with Gasteiger partial charge < -0.3 is 10.3 Å². The molecule has 0 radical (unpaired) electrons. The highest BCUT2D eigenvalue weighted by Crippen LogP contribution is 2.29. The first-order chi connectivity index (χ1) is 11.3. The minimum atomic E-state index is -4.68. The van der Waals surface area contributed by atoms with Gasteiger partial charge in [-0.1, -0.05) is 29.4 Å². The molecule has 0 aliphatic carbocycles. The molecule has 0 atom stereocenters. The van der Waals surface area contributed by atoms with Gasteiger partial charge in [-0.25, -0.2) is 0 Å². The average molecular weight is 337 g/mol. The van der Waals surface area contributed by atoms with Crippen molar-refractivity contribution in [2.45, 2.75) is 12.7 Å². The van der Waals surface area contributed by atoms with Crippen LogP contribution in [-0.2, 0) is 12.7 Å². The van der Waals surface area contributed by atoms with Crippen LogP contribution in [0.4, 0.5) is 13.2 Å². The lowest BCUT2D eigenvalue weighted by Crippen LogP contribution is -2.09. The number of nitrogens with two attached hydrogens (primary N) is 1. The first kappa shape index (κ1) is 15.7. The van der Waals surface area contributed by atoms with Gasteiger partial charge in [0.1, 0.15) is 0 Å². The number of nitrogens with zero attached hydrogens (tertiary/aromatic N) is 4. The van der Waals surface area contributed by atoms with Crippen molar-refractivity contribution in [3.05, 3.63) is 53.7 Å². The molecule has 2 heterocycles. The molecule has 2 N–H and O–H groups in total. The van der Waals surface area contributed by atoms with Gasteiger partial charge >= 0.3 is 12.1 Å². The summed E-state index contributed by atoms with van der Waals surface area (Å²) in [6.07, 6.45) is -1.82. The van der Waals surface area contributed by atoms with Crippen molar-refractivity contribution in [1.29, 1.82) is 0 Å². The van der Waals surface area contributed by atoms with Gasteiger partial charge in [0, 0.05) is 11.8 Å². The number of hydrogen-bond donors (Lipinski definition) is 1. The summed E-state index contributed by atoms with van der Waals surface area (Å²) in [6, 6.07) is 6.51. The monoisotopic (exact) mass is 337 g/mol. The lowest BCUT2D eigenvalue weighted by atomic mass is 10.1. The number of primary amides is 1. The molecule has 2 aromatic heterocycles. The third-order valence-corrected chi connectivity index (χ3v) is 3.14. The summed E-state index contributed by atoms with van der Waals surface area (Å²) in [5.41, 5.74) is 6.63. The van der Waals surface area contributed by atoms with E-state index < -0.39 is 18.0 Å². The van der Waals surface area contributed by atoms with Crippen molar-refractivity contribution in [3.8, 4) is 11.4 Å². The van der Waals surface area contributed by atoms with Crippen molar-refractivity contribution in [2.24, 2.45) is 5.73 Å². The Morgan fingerprint density at radius 1 is 1.25 bits per heavy atom. The van der Waals surface area contributed by atoms with Gasteiger partial charge in [-0.2, -0.15) is 23.3 Å². The average Bonchev–Trinajstić information content (AvgIpc) is 3.16. The highest BCUT2D eigenvalue weighted by molar-refractivity contribution is 5.92. The van der Waals surface area contributed by atoms with Crippen LogP contribution in [0.2, 0.25) is 0 Å². The van der Waals surface area contributed by atoms with E-state index in [0.717, 1.165) is 5.56 Å². The number of hydrogen-bond acceptors (Lipinski definition) is 5. The van der Waals surface area contributed by atoms with Crippen molar-refractivity contribution in [3.63, 3.8) is 0 Å². The van der Waals surface area contributed by atoms with Crippen LogP contribution in [0.25, 0.3) is 11.4 Å². The maximum absolute atomic E-state index is 12.4. The summed E-state index contributed by atoms with van der Waals surface area (Å²) < 4.78 is 43.0. The zero-order chi connectivity index (χ0) is 17.3. The normalized spacial score (nSPS) is 11.6. The van der Waals surface area contributed by atoms with Crippen molar-refractivity contribution < 1.29 is 22.5 Å². The zero-order valence-electron chi connectivity index (χ0n) is 12.0. The predicted molar refractivity (Wildman–Crippen MR) is 74.6 cm³/mol. The molecule has 7 nitrogen and oxygen atoms in total. The minimum Gasteiger partial charge on any atom is -0.366 e. The molecule has 0 saturated carbocycles. The summed E-state index contributed by atoms with van der Waals surface area (Å²) in [4.78, 5) is 14.3. The van der Waals surface area contributed by atoms with E-state index in [9.17, 15) is 18.0 Å². The molecular weight excluding hydrogens is 327 g/mol. The Balaban J connectivity index is 1.75. The maximum Gasteiger partial charge on any atom is 0.471 e. The van der Waals surface area contributed by atoms with Crippen LogP contribution in [0.15, 0.2) is 41.2 Å². The number of aromatic nitrogens is 4. The Bertz CT molecular complexity index is 867. The molecule has 0 fully saturated rings. The molecule has 0 aliphatic heterocycles. The van der Waals surface area contributed by atoms with E-state index in [2.05, 4.69) is 19.8 Å². The van der Waals surface area contributed by atoms with Gasteiger partial charge in [-0.05, 0) is 5.56 Å². The quantitative estimate of drug-likeness (QED) is 0.786. The fourth-order valence-electron chi connectivity index (χ4n) is 1.98. The second kappa shape index (κ2) is 5.80. The molecule has 0 spiro atoms. The highest BCUT2D eigenvalue weighted by Gasteiger charge is 2.38. The number of carbonyl (C=O) groups is 1. The van der Waals surface area contributed by atoms with Crippen LogP contribution < -0.4 is 5.73 Å². The smallest absolute Gasteiger partial charge is 0.366 e. The Labute approximate surface area is 132 Å². The van der Waals surface area contributed by atoms with Gasteiger partial charge in [0.25, 0.3) is 5.91 Å². The van der Waals surface area contributed by atoms with E-state index in [0.29, 0.717) is 12.1 Å². The van der Waals surface area contributed by atoms with Gasteiger partial charge in [-0.15, -0.1) is 0 Å². The van der Waals surface area contributed by atoms with Crippen LogP contribution in [0, 0.1) is 0 Å².